The lowest BCUT2D eigenvalue weighted by molar-refractivity contribution is 0.0526. The van der Waals surface area contributed by atoms with Crippen molar-refractivity contribution in [3.63, 3.8) is 0 Å². The van der Waals surface area contributed by atoms with E-state index in [0.717, 1.165) is 0 Å². The predicted molar refractivity (Wildman–Crippen MR) is 109 cm³/mol. The SMILES string of the molecule is C=N/C(=C\N=CC)c1c(C(=O)Nc2ccc(C(=O)OCC)cc2)c2ccc1o2. The minimum absolute atomic E-state index is 0.300. The number of fused-ring (bicyclic) bond motifs is 2. The summed E-state index contributed by atoms with van der Waals surface area (Å²) < 4.78 is 10.6. The normalized spacial score (nSPS) is 11.9. The zero-order valence-electron chi connectivity index (χ0n) is 15.6. The number of aliphatic imine (C=N–C) groups is 2. The van der Waals surface area contributed by atoms with E-state index in [2.05, 4.69) is 22.0 Å². The molecule has 0 aliphatic rings. The molecule has 1 amide bonds. The molecule has 0 atom stereocenters. The summed E-state index contributed by atoms with van der Waals surface area (Å²) in [6.07, 6.45) is 3.13. The highest BCUT2D eigenvalue weighted by Gasteiger charge is 2.25. The minimum atomic E-state index is -0.410. The van der Waals surface area contributed by atoms with Crippen molar-refractivity contribution in [3.05, 3.63) is 59.3 Å². The maximum Gasteiger partial charge on any atom is 0.338 e. The zero-order valence-corrected chi connectivity index (χ0v) is 15.6. The number of nitrogens with zero attached hydrogens (tertiary/aromatic N) is 2. The van der Waals surface area contributed by atoms with Crippen molar-refractivity contribution in [1.82, 2.24) is 0 Å². The van der Waals surface area contributed by atoms with Crippen LogP contribution >= 0.6 is 0 Å². The number of ether oxygens (including phenoxy) is 1. The standard InChI is InChI=1S/C21H19N3O4/c1-4-23-12-15(22-3)18-16-10-11-17(28-16)19(18)20(25)24-14-8-6-13(7-9-14)21(26)27-5-2/h4,6-12H,3,5H2,1-2H3,(H,24,25)/b15-12-,23-4?. The lowest BCUT2D eigenvalue weighted by Crippen LogP contribution is -2.14. The van der Waals surface area contributed by atoms with Gasteiger partial charge in [-0.15, -0.1) is 0 Å². The number of furan rings is 2. The molecule has 3 rings (SSSR count). The van der Waals surface area contributed by atoms with Gasteiger partial charge in [0.05, 0.1) is 35.2 Å². The molecular weight excluding hydrogens is 358 g/mol. The molecule has 28 heavy (non-hydrogen) atoms. The summed E-state index contributed by atoms with van der Waals surface area (Å²) in [6, 6.07) is 9.95. The van der Waals surface area contributed by atoms with E-state index in [9.17, 15) is 9.59 Å². The first kappa shape index (κ1) is 19.0. The van der Waals surface area contributed by atoms with Gasteiger partial charge >= 0.3 is 5.97 Å². The van der Waals surface area contributed by atoms with E-state index in [1.54, 1.807) is 56.5 Å². The largest absolute Gasteiger partial charge is 0.462 e. The van der Waals surface area contributed by atoms with Gasteiger partial charge in [-0.25, -0.2) is 4.79 Å². The van der Waals surface area contributed by atoms with Crippen LogP contribution in [0.4, 0.5) is 5.69 Å². The Kier molecular flexibility index (Phi) is 5.64. The average molecular weight is 377 g/mol. The van der Waals surface area contributed by atoms with Crippen molar-refractivity contribution in [3.8, 4) is 0 Å². The van der Waals surface area contributed by atoms with Crippen LogP contribution < -0.4 is 5.32 Å². The highest BCUT2D eigenvalue weighted by molar-refractivity contribution is 6.14. The molecule has 7 heteroatoms. The Morgan fingerprint density at radius 1 is 1.14 bits per heavy atom. The molecule has 2 heterocycles. The van der Waals surface area contributed by atoms with Crippen molar-refractivity contribution in [1.29, 1.82) is 0 Å². The topological polar surface area (TPSA) is 93.3 Å². The van der Waals surface area contributed by atoms with Gasteiger partial charge in [-0.1, -0.05) is 0 Å². The molecule has 142 valence electrons. The summed E-state index contributed by atoms with van der Waals surface area (Å²) in [6.45, 7) is 7.38. The van der Waals surface area contributed by atoms with E-state index in [1.807, 2.05) is 0 Å². The molecule has 2 bridgehead atoms. The molecule has 0 saturated carbocycles. The number of anilines is 1. The molecular formula is C21H19N3O4. The van der Waals surface area contributed by atoms with Crippen LogP contribution in [0.1, 0.15) is 40.1 Å². The first-order valence-corrected chi connectivity index (χ1v) is 8.67. The Hall–Kier alpha value is -3.74. The van der Waals surface area contributed by atoms with Crippen LogP contribution in [-0.4, -0.2) is 31.4 Å². The highest BCUT2D eigenvalue weighted by Crippen LogP contribution is 2.35. The number of carbonyl (C=O) groups excluding carboxylic acids is 2. The first-order chi connectivity index (χ1) is 13.6. The van der Waals surface area contributed by atoms with Crippen LogP contribution in [0.2, 0.25) is 0 Å². The smallest absolute Gasteiger partial charge is 0.338 e. The number of carbonyl (C=O) groups is 2. The van der Waals surface area contributed by atoms with Crippen LogP contribution in [0.3, 0.4) is 0 Å². The van der Waals surface area contributed by atoms with Crippen molar-refractivity contribution in [2.75, 3.05) is 11.9 Å². The van der Waals surface area contributed by atoms with Gasteiger partial charge in [0.25, 0.3) is 5.91 Å². The van der Waals surface area contributed by atoms with Crippen LogP contribution in [0.5, 0.6) is 0 Å². The van der Waals surface area contributed by atoms with Crippen molar-refractivity contribution >= 4 is 47.4 Å². The Bertz CT molecular complexity index is 1060. The summed E-state index contributed by atoms with van der Waals surface area (Å²) in [4.78, 5) is 32.7. The molecule has 0 fully saturated rings. The third kappa shape index (κ3) is 3.68. The number of hydrogen-bond donors (Lipinski definition) is 1. The fourth-order valence-corrected chi connectivity index (χ4v) is 2.76. The van der Waals surface area contributed by atoms with Gasteiger partial charge in [0, 0.05) is 11.9 Å². The molecule has 0 spiro atoms. The Balaban J connectivity index is 1.88. The van der Waals surface area contributed by atoms with Crippen LogP contribution in [0.15, 0.2) is 57.0 Å². The summed E-state index contributed by atoms with van der Waals surface area (Å²) in [7, 11) is 0. The van der Waals surface area contributed by atoms with Gasteiger partial charge in [-0.2, -0.15) is 0 Å². The summed E-state index contributed by atoms with van der Waals surface area (Å²) >= 11 is 0. The molecule has 0 saturated heterocycles. The van der Waals surface area contributed by atoms with Crippen LogP contribution in [-0.2, 0) is 4.74 Å². The Morgan fingerprint density at radius 2 is 1.82 bits per heavy atom. The molecule has 0 aliphatic carbocycles. The second-order valence-corrected chi connectivity index (χ2v) is 5.75. The molecule has 0 aliphatic heterocycles. The van der Waals surface area contributed by atoms with Crippen molar-refractivity contribution < 1.29 is 18.7 Å². The van der Waals surface area contributed by atoms with Gasteiger partial charge in [-0.3, -0.25) is 14.8 Å². The van der Waals surface area contributed by atoms with Crippen LogP contribution in [0.25, 0.3) is 16.9 Å². The lowest BCUT2D eigenvalue weighted by Gasteiger charge is -2.08. The zero-order chi connectivity index (χ0) is 20.1. The molecule has 3 aromatic rings. The third-order valence-electron chi connectivity index (χ3n) is 4.00. The number of hydrogen-bond acceptors (Lipinski definition) is 6. The van der Waals surface area contributed by atoms with Gasteiger partial charge in [0.1, 0.15) is 11.2 Å². The molecule has 0 radical (unpaired) electrons. The number of rotatable bonds is 7. The number of nitrogens with one attached hydrogen (secondary N) is 1. The first-order valence-electron chi connectivity index (χ1n) is 8.67. The van der Waals surface area contributed by atoms with Gasteiger partial charge < -0.3 is 14.5 Å². The van der Waals surface area contributed by atoms with E-state index in [1.165, 1.54) is 6.20 Å². The van der Waals surface area contributed by atoms with E-state index in [4.69, 9.17) is 9.15 Å². The minimum Gasteiger partial charge on any atom is -0.462 e. The molecule has 0 unspecified atom stereocenters. The number of benzene rings is 2. The lowest BCUT2D eigenvalue weighted by atomic mass is 10.0. The molecule has 7 nitrogen and oxygen atoms in total. The number of amides is 1. The Labute approximate surface area is 161 Å². The van der Waals surface area contributed by atoms with Gasteiger partial charge in [0.15, 0.2) is 0 Å². The summed E-state index contributed by atoms with van der Waals surface area (Å²) in [5.41, 5.74) is 3.26. The average Bonchev–Trinajstić information content (AvgIpc) is 3.31. The van der Waals surface area contributed by atoms with E-state index in [0.29, 0.717) is 45.8 Å². The van der Waals surface area contributed by atoms with Crippen molar-refractivity contribution in [2.45, 2.75) is 13.8 Å². The second kappa shape index (κ2) is 8.30. The Morgan fingerprint density at radius 3 is 2.43 bits per heavy atom. The van der Waals surface area contributed by atoms with Gasteiger partial charge in [-0.05, 0) is 57.0 Å². The molecule has 1 aromatic carbocycles. The number of esters is 1. The van der Waals surface area contributed by atoms with Gasteiger partial charge in [0.2, 0.25) is 0 Å². The van der Waals surface area contributed by atoms with Crippen LogP contribution in [0, 0.1) is 0 Å². The quantitative estimate of drug-likeness (QED) is 0.488. The maximum absolute atomic E-state index is 12.9. The van der Waals surface area contributed by atoms with E-state index in [-0.39, 0.29) is 5.91 Å². The summed E-state index contributed by atoms with van der Waals surface area (Å²) in [5.74, 6) is -0.768. The summed E-state index contributed by atoms with van der Waals surface area (Å²) in [5, 5.41) is 2.81. The maximum atomic E-state index is 12.9. The predicted octanol–water partition coefficient (Wildman–Crippen LogP) is 4.39. The third-order valence-corrected chi connectivity index (χ3v) is 4.00. The monoisotopic (exact) mass is 377 g/mol. The highest BCUT2D eigenvalue weighted by atomic mass is 16.5. The molecule has 2 aromatic heterocycles. The van der Waals surface area contributed by atoms with E-state index < -0.39 is 5.97 Å². The van der Waals surface area contributed by atoms with Crippen molar-refractivity contribution in [2.24, 2.45) is 9.98 Å². The van der Waals surface area contributed by atoms with E-state index >= 15 is 0 Å². The fourth-order valence-electron chi connectivity index (χ4n) is 2.76. The fraction of sp³-hybridized carbons (Fsp3) is 0.143. The second-order valence-electron chi connectivity index (χ2n) is 5.75. The molecule has 1 N–H and O–H groups in total.